The fraction of sp³-hybridized carbons (Fsp3) is 0.675. The maximum atomic E-state index is 12.4. The summed E-state index contributed by atoms with van der Waals surface area (Å²) in [5, 5.41) is 54.8. The first-order chi connectivity index (χ1) is 23.6. The van der Waals surface area contributed by atoms with Crippen LogP contribution in [0.4, 0.5) is 0 Å². The molecule has 10 heteroatoms. The van der Waals surface area contributed by atoms with Crippen LogP contribution in [-0.4, -0.2) is 95.4 Å². The van der Waals surface area contributed by atoms with E-state index in [2.05, 4.69) is 39.5 Å². The van der Waals surface area contributed by atoms with E-state index in [1.807, 2.05) is 32.9 Å². The number of hydrogen-bond donors (Lipinski definition) is 4. The highest BCUT2D eigenvalue weighted by Gasteiger charge is 2.56. The maximum absolute atomic E-state index is 12.4. The quantitative estimate of drug-likeness (QED) is 0.229. The van der Waals surface area contributed by atoms with Gasteiger partial charge in [0.2, 0.25) is 0 Å². The van der Waals surface area contributed by atoms with Crippen molar-refractivity contribution in [3.05, 3.63) is 70.8 Å². The van der Waals surface area contributed by atoms with E-state index in [1.54, 1.807) is 25.3 Å². The van der Waals surface area contributed by atoms with Crippen LogP contribution < -0.4 is 0 Å². The number of aliphatic hydroxyl groups excluding tert-OH is 4. The minimum absolute atomic E-state index is 0.0730. The van der Waals surface area contributed by atoms with Crippen LogP contribution in [-0.2, 0) is 30.3 Å². The Bertz CT molecular complexity index is 1450. The fourth-order valence-electron chi connectivity index (χ4n) is 8.39. The zero-order valence-corrected chi connectivity index (χ0v) is 30.6. The molecule has 4 N–H and O–H groups in total. The molecule has 0 bridgehead atoms. The van der Waals surface area contributed by atoms with Gasteiger partial charge in [-0.15, -0.1) is 6.58 Å². The molecule has 0 unspecified atom stereocenters. The minimum Gasteiger partial charge on any atom is -0.390 e. The first kappa shape index (κ1) is 38.8. The van der Waals surface area contributed by atoms with Crippen molar-refractivity contribution in [1.29, 1.82) is 5.26 Å². The smallest absolute Gasteiger partial charge is 0.187 e. The SMILES string of the molecule is C=CC(C)(C)OC[C@H]1O[C@H](O[C@@H]2C3=C(C(C)C)C[C@H](OCc4ccc(C#N)cc4)[C@]3(C)/C=C3/[C@@H](COC)CC[C@H]3[C@@H](C)[C@H]2O)[C@H](O)[C@@H](O)[C@@H]1O. The van der Waals surface area contributed by atoms with E-state index in [0.717, 1.165) is 29.6 Å². The predicted molar refractivity (Wildman–Crippen MR) is 187 cm³/mol. The number of nitriles is 1. The van der Waals surface area contributed by atoms with E-state index in [-0.39, 0.29) is 36.4 Å². The predicted octanol–water partition coefficient (Wildman–Crippen LogP) is 4.59. The standard InChI is InChI=1S/C40H57NO9/c1-9-39(5,6)48-21-30-34(43)35(44)36(45)38(49-30)50-37-32-28(22(2)3)16-31(47-19-25-12-10-24(18-41)11-13-25)40(32,7)17-29-26(20-46-8)14-15-27(29)23(4)33(37)42/h9-13,17,22-23,26-27,30-31,33-38,42-45H,1,14-16,19-21H2,2-8H3/b29-17-/t23-,26-,27+,30-,31+,33-,34-,35+,36-,37-,38-,40+/m1/s1. The average Bonchev–Trinajstić information content (AvgIpc) is 3.61. The number of hydrogen-bond acceptors (Lipinski definition) is 10. The molecule has 1 saturated heterocycles. The number of fused-ring (bicyclic) bond motifs is 2. The second kappa shape index (κ2) is 15.7. The third kappa shape index (κ3) is 7.68. The first-order valence-corrected chi connectivity index (χ1v) is 18.0. The van der Waals surface area contributed by atoms with Gasteiger partial charge < -0.3 is 44.1 Å². The highest BCUT2D eigenvalue weighted by Crippen LogP contribution is 2.56. The molecule has 12 atom stereocenters. The lowest BCUT2D eigenvalue weighted by atomic mass is 9.68. The van der Waals surface area contributed by atoms with Crippen LogP contribution in [0.15, 0.2) is 59.7 Å². The zero-order chi connectivity index (χ0) is 36.5. The molecule has 276 valence electrons. The Balaban J connectivity index is 1.55. The van der Waals surface area contributed by atoms with Crippen LogP contribution in [0.5, 0.6) is 0 Å². The molecule has 0 radical (unpaired) electrons. The number of ether oxygens (including phenoxy) is 5. The molecular weight excluding hydrogens is 638 g/mol. The molecule has 1 saturated carbocycles. The summed E-state index contributed by atoms with van der Waals surface area (Å²) >= 11 is 0. The molecule has 50 heavy (non-hydrogen) atoms. The van der Waals surface area contributed by atoms with Gasteiger partial charge in [0.15, 0.2) is 6.29 Å². The van der Waals surface area contributed by atoms with Crippen molar-refractivity contribution in [2.24, 2.45) is 29.1 Å². The lowest BCUT2D eigenvalue weighted by Gasteiger charge is -2.47. The van der Waals surface area contributed by atoms with Crippen LogP contribution in [0, 0.1) is 40.4 Å². The minimum atomic E-state index is -1.58. The summed E-state index contributed by atoms with van der Waals surface area (Å²) in [5.74, 6) is 0.156. The van der Waals surface area contributed by atoms with E-state index in [9.17, 15) is 25.7 Å². The molecule has 1 heterocycles. The second-order valence-corrected chi connectivity index (χ2v) is 15.7. The molecule has 4 aliphatic rings. The number of benzene rings is 1. The summed E-state index contributed by atoms with van der Waals surface area (Å²) in [6.45, 7) is 16.7. The summed E-state index contributed by atoms with van der Waals surface area (Å²) < 4.78 is 31.3. The zero-order valence-electron chi connectivity index (χ0n) is 30.6. The molecular formula is C40H57NO9. The maximum Gasteiger partial charge on any atom is 0.187 e. The van der Waals surface area contributed by atoms with Gasteiger partial charge >= 0.3 is 0 Å². The summed E-state index contributed by atoms with van der Waals surface area (Å²) in [5.41, 5.74) is 3.36. The molecule has 0 amide bonds. The molecule has 5 rings (SSSR count). The molecule has 0 spiro atoms. The Labute approximate surface area is 297 Å². The molecule has 2 fully saturated rings. The van der Waals surface area contributed by atoms with E-state index < -0.39 is 53.9 Å². The van der Waals surface area contributed by atoms with Gasteiger partial charge in [0.05, 0.1) is 49.3 Å². The Hall–Kier alpha value is -2.43. The molecule has 1 aromatic rings. The van der Waals surface area contributed by atoms with Gasteiger partial charge in [0.1, 0.15) is 30.5 Å². The van der Waals surface area contributed by atoms with E-state index in [0.29, 0.717) is 25.2 Å². The number of nitrogens with zero attached hydrogens (tertiary/aromatic N) is 1. The molecule has 0 aromatic heterocycles. The van der Waals surface area contributed by atoms with Crippen LogP contribution >= 0.6 is 0 Å². The number of aliphatic hydroxyl groups is 4. The second-order valence-electron chi connectivity index (χ2n) is 15.7. The lowest BCUT2D eigenvalue weighted by molar-refractivity contribution is -0.319. The topological polar surface area (TPSA) is 151 Å². The Morgan fingerprint density at radius 1 is 1.06 bits per heavy atom. The van der Waals surface area contributed by atoms with Gasteiger partial charge in [-0.3, -0.25) is 0 Å². The van der Waals surface area contributed by atoms with E-state index in [4.69, 9.17) is 23.7 Å². The van der Waals surface area contributed by atoms with Crippen LogP contribution in [0.3, 0.4) is 0 Å². The van der Waals surface area contributed by atoms with E-state index in [1.165, 1.54) is 5.57 Å². The van der Waals surface area contributed by atoms with Crippen molar-refractivity contribution in [2.45, 2.75) is 122 Å². The Kier molecular flexibility index (Phi) is 12.2. The van der Waals surface area contributed by atoms with Crippen LogP contribution in [0.25, 0.3) is 0 Å². The first-order valence-electron chi connectivity index (χ1n) is 18.0. The molecule has 1 aromatic carbocycles. The molecule has 10 nitrogen and oxygen atoms in total. The molecule has 1 aliphatic heterocycles. The highest BCUT2D eigenvalue weighted by molar-refractivity contribution is 5.43. The van der Waals surface area contributed by atoms with Gasteiger partial charge in [-0.1, -0.05) is 56.2 Å². The normalized spacial score (nSPS) is 38.5. The van der Waals surface area contributed by atoms with Crippen LogP contribution in [0.2, 0.25) is 0 Å². The monoisotopic (exact) mass is 695 g/mol. The summed E-state index contributed by atoms with van der Waals surface area (Å²) in [7, 11) is 1.72. The van der Waals surface area contributed by atoms with Gasteiger partial charge in [-0.05, 0) is 81.1 Å². The van der Waals surface area contributed by atoms with Gasteiger partial charge in [0.25, 0.3) is 0 Å². The molecule has 3 aliphatic carbocycles. The third-order valence-electron chi connectivity index (χ3n) is 11.6. The largest absolute Gasteiger partial charge is 0.390 e. The Morgan fingerprint density at radius 2 is 1.76 bits per heavy atom. The highest BCUT2D eigenvalue weighted by atomic mass is 16.7. The van der Waals surface area contributed by atoms with Gasteiger partial charge in [-0.2, -0.15) is 5.26 Å². The number of methoxy groups -OCH3 is 1. The third-order valence-corrected chi connectivity index (χ3v) is 11.6. The summed E-state index contributed by atoms with van der Waals surface area (Å²) in [4.78, 5) is 0. The van der Waals surface area contributed by atoms with Crippen molar-refractivity contribution in [3.8, 4) is 6.07 Å². The van der Waals surface area contributed by atoms with Crippen molar-refractivity contribution in [3.63, 3.8) is 0 Å². The van der Waals surface area contributed by atoms with E-state index >= 15 is 0 Å². The van der Waals surface area contributed by atoms with Crippen molar-refractivity contribution >= 4 is 0 Å². The number of rotatable bonds is 12. The van der Waals surface area contributed by atoms with Gasteiger partial charge in [-0.25, -0.2) is 0 Å². The average molecular weight is 696 g/mol. The summed E-state index contributed by atoms with van der Waals surface area (Å²) in [6, 6.07) is 9.54. The summed E-state index contributed by atoms with van der Waals surface area (Å²) in [6.07, 6.45) is -2.72. The van der Waals surface area contributed by atoms with Crippen molar-refractivity contribution < 1.29 is 44.1 Å². The Morgan fingerprint density at radius 3 is 2.38 bits per heavy atom. The lowest BCUT2D eigenvalue weighted by Crippen LogP contribution is -2.61. The fourth-order valence-corrected chi connectivity index (χ4v) is 8.39. The van der Waals surface area contributed by atoms with Gasteiger partial charge in [0, 0.05) is 18.4 Å². The van der Waals surface area contributed by atoms with Crippen molar-refractivity contribution in [1.82, 2.24) is 0 Å². The van der Waals surface area contributed by atoms with Crippen LogP contribution in [0.1, 0.15) is 71.9 Å². The van der Waals surface area contributed by atoms with Crippen molar-refractivity contribution in [2.75, 3.05) is 20.3 Å².